The largest absolute Gasteiger partial charge is 0.491 e. The molecule has 0 saturated heterocycles. The van der Waals surface area contributed by atoms with Crippen LogP contribution < -0.4 is 19.5 Å². The molecule has 34 heavy (non-hydrogen) atoms. The van der Waals surface area contributed by atoms with E-state index in [9.17, 15) is 9.67 Å². The van der Waals surface area contributed by atoms with Crippen LogP contribution >= 0.6 is 7.60 Å². The molecule has 0 radical (unpaired) electrons. The van der Waals surface area contributed by atoms with Crippen molar-refractivity contribution in [2.75, 3.05) is 26.0 Å². The minimum absolute atomic E-state index is 0.169. The number of hydrogen-bond acceptors (Lipinski definition) is 6. The van der Waals surface area contributed by atoms with Gasteiger partial charge in [0, 0.05) is 6.54 Å². The van der Waals surface area contributed by atoms with Gasteiger partial charge in [0.25, 0.3) is 0 Å². The van der Waals surface area contributed by atoms with E-state index in [4.69, 9.17) is 24.0 Å². The van der Waals surface area contributed by atoms with E-state index in [1.807, 2.05) is 66.7 Å². The van der Waals surface area contributed by atoms with Crippen molar-refractivity contribution in [2.45, 2.75) is 19.1 Å². The van der Waals surface area contributed by atoms with E-state index in [0.29, 0.717) is 31.2 Å². The second kappa shape index (κ2) is 13.1. The number of benzene rings is 3. The lowest BCUT2D eigenvalue weighted by atomic mass is 10.1. The van der Waals surface area contributed by atoms with Gasteiger partial charge in [0.15, 0.2) is 6.35 Å². The minimum Gasteiger partial charge on any atom is -0.491 e. The van der Waals surface area contributed by atoms with Crippen molar-refractivity contribution < 1.29 is 33.7 Å². The minimum atomic E-state index is -4.19. The van der Waals surface area contributed by atoms with Crippen molar-refractivity contribution in [3.05, 3.63) is 90.0 Å². The summed E-state index contributed by atoms with van der Waals surface area (Å²) in [5, 5.41) is 13.3. The Labute approximate surface area is 199 Å². The number of aliphatic hydroxyl groups excluding tert-OH is 1. The predicted molar refractivity (Wildman–Crippen MR) is 129 cm³/mol. The number of rotatable bonds is 14. The van der Waals surface area contributed by atoms with E-state index in [1.54, 1.807) is 12.1 Å². The summed E-state index contributed by atoms with van der Waals surface area (Å²) in [6.07, 6.45) is -0.561. The maximum atomic E-state index is 10.8. The van der Waals surface area contributed by atoms with Crippen LogP contribution in [0.25, 0.3) is 0 Å². The highest BCUT2D eigenvalue weighted by atomic mass is 31.2. The van der Waals surface area contributed by atoms with E-state index in [2.05, 4.69) is 5.32 Å². The zero-order chi connectivity index (χ0) is 24.2. The molecule has 0 spiro atoms. The zero-order valence-corrected chi connectivity index (χ0v) is 19.6. The van der Waals surface area contributed by atoms with Crippen LogP contribution in [0.1, 0.15) is 11.1 Å². The summed E-state index contributed by atoms with van der Waals surface area (Å²) in [5.74, 6) is 1.82. The van der Waals surface area contributed by atoms with Crippen molar-refractivity contribution in [3.8, 4) is 17.2 Å². The molecule has 8 nitrogen and oxygen atoms in total. The first-order chi connectivity index (χ1) is 16.4. The second-order valence-electron chi connectivity index (χ2n) is 7.75. The number of aliphatic hydroxyl groups is 1. The highest BCUT2D eigenvalue weighted by Gasteiger charge is 2.13. The third-order valence-electron chi connectivity index (χ3n) is 4.81. The van der Waals surface area contributed by atoms with Crippen LogP contribution in [-0.2, 0) is 17.6 Å². The van der Waals surface area contributed by atoms with Gasteiger partial charge >= 0.3 is 7.60 Å². The zero-order valence-electron chi connectivity index (χ0n) is 18.7. The van der Waals surface area contributed by atoms with Gasteiger partial charge in [0.05, 0.1) is 0 Å². The number of hydrogen-bond donors (Lipinski definition) is 4. The standard InChI is InChI=1S/C25H30NO7P/c27-22(16-26-15-14-20-6-8-25(9-7-20)33-19-34(28,29)30)18-32-24-12-10-23(11-13-24)31-17-21-4-2-1-3-5-21/h1-13,22,26-27H,14-19H2,(H2,28,29,30). The first-order valence-electron chi connectivity index (χ1n) is 10.9. The molecule has 0 aliphatic heterocycles. The molecule has 182 valence electrons. The lowest BCUT2D eigenvalue weighted by molar-refractivity contribution is 0.106. The molecular formula is C25H30NO7P. The van der Waals surface area contributed by atoms with Gasteiger partial charge in [-0.25, -0.2) is 0 Å². The third kappa shape index (κ3) is 9.95. The van der Waals surface area contributed by atoms with Crippen molar-refractivity contribution in [2.24, 2.45) is 0 Å². The molecule has 1 unspecified atom stereocenters. The van der Waals surface area contributed by atoms with Crippen molar-refractivity contribution in [3.63, 3.8) is 0 Å². The Kier molecular flexibility index (Phi) is 9.94. The van der Waals surface area contributed by atoms with Gasteiger partial charge in [-0.2, -0.15) is 0 Å². The molecule has 0 bridgehead atoms. The number of nitrogens with one attached hydrogen (secondary N) is 1. The highest BCUT2D eigenvalue weighted by molar-refractivity contribution is 7.51. The summed E-state index contributed by atoms with van der Waals surface area (Å²) in [4.78, 5) is 17.7. The van der Waals surface area contributed by atoms with Gasteiger partial charge in [-0.1, -0.05) is 42.5 Å². The Hall–Kier alpha value is -2.87. The Morgan fingerprint density at radius 2 is 1.35 bits per heavy atom. The van der Waals surface area contributed by atoms with Gasteiger partial charge < -0.3 is 34.4 Å². The Balaban J connectivity index is 1.28. The topological polar surface area (TPSA) is 117 Å². The maximum absolute atomic E-state index is 10.8. The van der Waals surface area contributed by atoms with Crippen molar-refractivity contribution >= 4 is 7.60 Å². The monoisotopic (exact) mass is 487 g/mol. The van der Waals surface area contributed by atoms with Gasteiger partial charge in [-0.05, 0) is 60.5 Å². The van der Waals surface area contributed by atoms with Crippen LogP contribution in [0.5, 0.6) is 17.2 Å². The molecule has 3 aromatic carbocycles. The van der Waals surface area contributed by atoms with E-state index in [-0.39, 0.29) is 6.61 Å². The van der Waals surface area contributed by atoms with Crippen LogP contribution in [0, 0.1) is 0 Å². The summed E-state index contributed by atoms with van der Waals surface area (Å²) in [5.41, 5.74) is 2.14. The van der Waals surface area contributed by atoms with Crippen LogP contribution in [0.2, 0.25) is 0 Å². The van der Waals surface area contributed by atoms with Gasteiger partial charge in [0.1, 0.15) is 36.6 Å². The quantitative estimate of drug-likeness (QED) is 0.202. The smallest absolute Gasteiger partial charge is 0.362 e. The molecule has 1 atom stereocenters. The summed E-state index contributed by atoms with van der Waals surface area (Å²) < 4.78 is 27.3. The fourth-order valence-electron chi connectivity index (χ4n) is 3.04. The molecule has 4 N–H and O–H groups in total. The lowest BCUT2D eigenvalue weighted by Crippen LogP contribution is -2.32. The van der Waals surface area contributed by atoms with Gasteiger partial charge in [0.2, 0.25) is 0 Å². The average molecular weight is 487 g/mol. The molecule has 9 heteroatoms. The van der Waals surface area contributed by atoms with Gasteiger partial charge in [-0.3, -0.25) is 4.57 Å². The first kappa shape index (κ1) is 25.7. The fraction of sp³-hybridized carbons (Fsp3) is 0.280. The van der Waals surface area contributed by atoms with Gasteiger partial charge in [-0.15, -0.1) is 0 Å². The fourth-order valence-corrected chi connectivity index (χ4v) is 3.35. The Morgan fingerprint density at radius 1 is 0.765 bits per heavy atom. The summed E-state index contributed by atoms with van der Waals surface area (Å²) in [6.45, 7) is 1.72. The molecule has 0 heterocycles. The van der Waals surface area contributed by atoms with Crippen LogP contribution in [0.4, 0.5) is 0 Å². The van der Waals surface area contributed by atoms with Crippen LogP contribution in [-0.4, -0.2) is 47.0 Å². The SMILES string of the molecule is O=P(O)(O)COc1ccc(CCNCC(O)COc2ccc(OCc3ccccc3)cc2)cc1. The summed E-state index contributed by atoms with van der Waals surface area (Å²) >= 11 is 0. The van der Waals surface area contributed by atoms with Crippen molar-refractivity contribution in [1.29, 1.82) is 0 Å². The molecular weight excluding hydrogens is 457 g/mol. The van der Waals surface area contributed by atoms with Crippen LogP contribution in [0.3, 0.4) is 0 Å². The molecule has 0 aliphatic carbocycles. The summed E-state index contributed by atoms with van der Waals surface area (Å²) in [7, 11) is -4.19. The van der Waals surface area contributed by atoms with E-state index in [0.717, 1.165) is 23.3 Å². The molecule has 0 fully saturated rings. The average Bonchev–Trinajstić information content (AvgIpc) is 2.84. The molecule has 0 amide bonds. The molecule has 3 rings (SSSR count). The Morgan fingerprint density at radius 3 is 2.00 bits per heavy atom. The molecule has 0 saturated carbocycles. The molecule has 3 aromatic rings. The van der Waals surface area contributed by atoms with E-state index < -0.39 is 20.0 Å². The first-order valence-corrected chi connectivity index (χ1v) is 12.7. The second-order valence-corrected chi connectivity index (χ2v) is 9.33. The van der Waals surface area contributed by atoms with Crippen LogP contribution in [0.15, 0.2) is 78.9 Å². The number of ether oxygens (including phenoxy) is 3. The maximum Gasteiger partial charge on any atom is 0.362 e. The summed E-state index contributed by atoms with van der Waals surface area (Å²) in [6, 6.07) is 24.3. The van der Waals surface area contributed by atoms with Crippen molar-refractivity contribution in [1.82, 2.24) is 5.32 Å². The highest BCUT2D eigenvalue weighted by Crippen LogP contribution is 2.34. The molecule has 0 aromatic heterocycles. The lowest BCUT2D eigenvalue weighted by Gasteiger charge is -2.14. The van der Waals surface area contributed by atoms with E-state index in [1.165, 1.54) is 0 Å². The normalized spacial score (nSPS) is 12.2. The van der Waals surface area contributed by atoms with E-state index >= 15 is 0 Å². The third-order valence-corrected chi connectivity index (χ3v) is 5.27. The Bertz CT molecular complexity index is 1020. The predicted octanol–water partition coefficient (Wildman–Crippen LogP) is 3.35. The molecule has 0 aliphatic rings.